The van der Waals surface area contributed by atoms with Gasteiger partial charge in [0.1, 0.15) is 4.88 Å². The average Bonchev–Trinajstić information content (AvgIpc) is 3.02. The third kappa shape index (κ3) is 3.90. The van der Waals surface area contributed by atoms with Crippen LogP contribution in [0.3, 0.4) is 0 Å². The highest BCUT2D eigenvalue weighted by Crippen LogP contribution is 2.24. The fourth-order valence-corrected chi connectivity index (χ4v) is 2.98. The van der Waals surface area contributed by atoms with E-state index in [2.05, 4.69) is 30.6 Å². The maximum absolute atomic E-state index is 12.3. The molecule has 0 spiro atoms. The maximum Gasteiger partial charge on any atom is 0.263 e. The van der Waals surface area contributed by atoms with E-state index in [0.29, 0.717) is 34.5 Å². The van der Waals surface area contributed by atoms with Crippen molar-refractivity contribution in [1.82, 2.24) is 25.3 Å². The van der Waals surface area contributed by atoms with Crippen molar-refractivity contribution >= 4 is 22.9 Å². The summed E-state index contributed by atoms with van der Waals surface area (Å²) in [5.74, 6) is 0.396. The van der Waals surface area contributed by atoms with Crippen molar-refractivity contribution in [3.8, 4) is 10.8 Å². The van der Waals surface area contributed by atoms with E-state index in [0.717, 1.165) is 5.69 Å². The highest BCUT2D eigenvalue weighted by Gasteiger charge is 2.16. The molecule has 0 aliphatic carbocycles. The molecule has 0 saturated heterocycles. The van der Waals surface area contributed by atoms with Gasteiger partial charge in [-0.05, 0) is 25.1 Å². The number of aryl methyl sites for hydroxylation is 1. The van der Waals surface area contributed by atoms with Crippen molar-refractivity contribution in [3.05, 3.63) is 53.6 Å². The molecule has 0 fully saturated rings. The van der Waals surface area contributed by atoms with Crippen LogP contribution in [0.5, 0.6) is 0 Å². The molecule has 7 nitrogen and oxygen atoms in total. The average molecular weight is 340 g/mol. The van der Waals surface area contributed by atoms with Crippen LogP contribution in [0.1, 0.15) is 15.4 Å². The van der Waals surface area contributed by atoms with Crippen LogP contribution in [0.2, 0.25) is 0 Å². The van der Waals surface area contributed by atoms with E-state index in [4.69, 9.17) is 0 Å². The van der Waals surface area contributed by atoms with Crippen molar-refractivity contribution in [2.75, 3.05) is 18.4 Å². The van der Waals surface area contributed by atoms with Crippen LogP contribution in [-0.2, 0) is 0 Å². The van der Waals surface area contributed by atoms with E-state index in [1.807, 2.05) is 19.1 Å². The van der Waals surface area contributed by atoms with E-state index in [-0.39, 0.29) is 5.91 Å². The molecule has 3 rings (SSSR count). The Kier molecular flexibility index (Phi) is 5.07. The summed E-state index contributed by atoms with van der Waals surface area (Å²) < 4.78 is 0. The highest BCUT2D eigenvalue weighted by atomic mass is 32.1. The zero-order valence-corrected chi connectivity index (χ0v) is 13.9. The van der Waals surface area contributed by atoms with Gasteiger partial charge in [0.05, 0.1) is 5.69 Å². The van der Waals surface area contributed by atoms with Crippen molar-refractivity contribution in [1.29, 1.82) is 0 Å². The molecule has 0 radical (unpaired) electrons. The zero-order valence-electron chi connectivity index (χ0n) is 13.1. The lowest BCUT2D eigenvalue weighted by atomic mass is 10.3. The molecule has 0 saturated carbocycles. The summed E-state index contributed by atoms with van der Waals surface area (Å²) in [5.41, 5.74) is 1.65. The molecular formula is C16H16N6OS. The number of pyridine rings is 1. The predicted molar refractivity (Wildman–Crippen MR) is 92.9 cm³/mol. The van der Waals surface area contributed by atoms with Crippen LogP contribution in [0.25, 0.3) is 10.8 Å². The van der Waals surface area contributed by atoms with E-state index >= 15 is 0 Å². The second-order valence-corrected chi connectivity index (χ2v) is 5.92. The number of nitrogens with one attached hydrogen (secondary N) is 2. The number of carbonyl (C=O) groups is 1. The molecule has 3 heterocycles. The lowest BCUT2D eigenvalue weighted by molar-refractivity contribution is 0.0958. The van der Waals surface area contributed by atoms with Gasteiger partial charge in [-0.1, -0.05) is 0 Å². The number of hydrogen-bond acceptors (Lipinski definition) is 7. The standard InChI is InChI=1S/C16H16N6OS/c1-11-13(24-16(22-11)14-19-5-2-6-20-14)15(23)21-10-9-18-12-3-7-17-8-4-12/h2-8H,9-10H2,1H3,(H,17,18)(H,21,23). The van der Waals surface area contributed by atoms with Crippen LogP contribution in [0.15, 0.2) is 43.0 Å². The normalized spacial score (nSPS) is 10.4. The first-order chi connectivity index (χ1) is 11.7. The van der Waals surface area contributed by atoms with E-state index < -0.39 is 0 Å². The van der Waals surface area contributed by atoms with Crippen LogP contribution in [0.4, 0.5) is 5.69 Å². The monoisotopic (exact) mass is 340 g/mol. The molecule has 3 aromatic rings. The Bertz CT molecular complexity index is 806. The lowest BCUT2D eigenvalue weighted by Crippen LogP contribution is -2.28. The summed E-state index contributed by atoms with van der Waals surface area (Å²) in [6, 6.07) is 5.50. The SMILES string of the molecule is Cc1nc(-c2ncccn2)sc1C(=O)NCCNc1ccncc1. The molecule has 3 aromatic heterocycles. The molecule has 0 aliphatic heterocycles. The first-order valence-corrected chi connectivity index (χ1v) is 8.22. The minimum absolute atomic E-state index is 0.135. The molecule has 0 atom stereocenters. The molecule has 1 amide bonds. The van der Waals surface area contributed by atoms with Gasteiger partial charge >= 0.3 is 0 Å². The lowest BCUT2D eigenvalue weighted by Gasteiger charge is -2.07. The highest BCUT2D eigenvalue weighted by molar-refractivity contribution is 7.17. The van der Waals surface area contributed by atoms with Gasteiger partial charge in [-0.25, -0.2) is 15.0 Å². The van der Waals surface area contributed by atoms with Crippen LogP contribution in [0, 0.1) is 6.92 Å². The van der Waals surface area contributed by atoms with Gasteiger partial charge in [0.15, 0.2) is 10.8 Å². The number of rotatable bonds is 6. The number of thiazole rings is 1. The largest absolute Gasteiger partial charge is 0.383 e. The van der Waals surface area contributed by atoms with Gasteiger partial charge in [-0.3, -0.25) is 9.78 Å². The minimum atomic E-state index is -0.135. The molecule has 2 N–H and O–H groups in total. The first kappa shape index (κ1) is 16.0. The Balaban J connectivity index is 1.56. The fourth-order valence-electron chi connectivity index (χ4n) is 2.05. The summed E-state index contributed by atoms with van der Waals surface area (Å²) in [4.78, 5) is 29.6. The molecular weight excluding hydrogens is 324 g/mol. The Morgan fingerprint density at radius 1 is 1.12 bits per heavy atom. The Morgan fingerprint density at radius 2 is 1.88 bits per heavy atom. The number of aromatic nitrogens is 4. The first-order valence-electron chi connectivity index (χ1n) is 7.41. The summed E-state index contributed by atoms with van der Waals surface area (Å²) in [5, 5.41) is 6.74. The van der Waals surface area contributed by atoms with E-state index in [9.17, 15) is 4.79 Å². The quantitative estimate of drug-likeness (QED) is 0.668. The van der Waals surface area contributed by atoms with Crippen molar-refractivity contribution in [2.45, 2.75) is 6.92 Å². The Labute approximate surface area is 143 Å². The predicted octanol–water partition coefficient (Wildman–Crippen LogP) is 2.15. The number of carbonyl (C=O) groups excluding carboxylic acids is 1. The summed E-state index contributed by atoms with van der Waals surface area (Å²) in [6.07, 6.45) is 6.75. The topological polar surface area (TPSA) is 92.7 Å². The molecule has 0 bridgehead atoms. The zero-order chi connectivity index (χ0) is 16.8. The number of nitrogens with zero attached hydrogens (tertiary/aromatic N) is 4. The van der Waals surface area contributed by atoms with E-state index in [1.54, 1.807) is 30.9 Å². The number of amides is 1. The number of hydrogen-bond donors (Lipinski definition) is 2. The van der Waals surface area contributed by atoms with Gasteiger partial charge in [0.25, 0.3) is 5.91 Å². The summed E-state index contributed by atoms with van der Waals surface area (Å²) >= 11 is 1.30. The molecule has 122 valence electrons. The minimum Gasteiger partial charge on any atom is -0.383 e. The molecule has 0 aliphatic rings. The van der Waals surface area contributed by atoms with Crippen molar-refractivity contribution in [2.24, 2.45) is 0 Å². The summed E-state index contributed by atoms with van der Waals surface area (Å²) in [7, 11) is 0. The van der Waals surface area contributed by atoms with Gasteiger partial charge in [-0.2, -0.15) is 0 Å². The van der Waals surface area contributed by atoms with Crippen LogP contribution >= 0.6 is 11.3 Å². The van der Waals surface area contributed by atoms with Gasteiger partial charge in [-0.15, -0.1) is 11.3 Å². The van der Waals surface area contributed by atoms with Crippen LogP contribution < -0.4 is 10.6 Å². The Hall–Kier alpha value is -2.87. The molecule has 24 heavy (non-hydrogen) atoms. The third-order valence-corrected chi connectivity index (χ3v) is 4.33. The summed E-state index contributed by atoms with van der Waals surface area (Å²) in [6.45, 7) is 2.95. The number of anilines is 1. The van der Waals surface area contributed by atoms with Gasteiger partial charge in [0, 0.05) is 43.6 Å². The third-order valence-electron chi connectivity index (χ3n) is 3.18. The van der Waals surface area contributed by atoms with Crippen molar-refractivity contribution < 1.29 is 4.79 Å². The van der Waals surface area contributed by atoms with Crippen LogP contribution in [-0.4, -0.2) is 38.9 Å². The molecule has 0 aromatic carbocycles. The smallest absolute Gasteiger partial charge is 0.263 e. The van der Waals surface area contributed by atoms with Crippen molar-refractivity contribution in [3.63, 3.8) is 0 Å². The second kappa shape index (κ2) is 7.60. The maximum atomic E-state index is 12.3. The second-order valence-electron chi connectivity index (χ2n) is 4.92. The van der Waals surface area contributed by atoms with Gasteiger partial charge in [0.2, 0.25) is 0 Å². The van der Waals surface area contributed by atoms with E-state index in [1.165, 1.54) is 11.3 Å². The fraction of sp³-hybridized carbons (Fsp3) is 0.188. The van der Waals surface area contributed by atoms with Gasteiger partial charge < -0.3 is 10.6 Å². The Morgan fingerprint density at radius 3 is 2.62 bits per heavy atom. The molecule has 8 heteroatoms. The molecule has 0 unspecified atom stereocenters.